The van der Waals surface area contributed by atoms with E-state index in [1.165, 1.54) is 11.1 Å². The minimum atomic E-state index is -0.473. The van der Waals surface area contributed by atoms with Crippen molar-refractivity contribution in [1.29, 1.82) is 0 Å². The molecule has 1 aliphatic rings. The van der Waals surface area contributed by atoms with Gasteiger partial charge in [-0.2, -0.15) is 0 Å². The maximum absolute atomic E-state index is 12.4. The number of rotatable bonds is 3. The predicted molar refractivity (Wildman–Crippen MR) is 115 cm³/mol. The van der Waals surface area contributed by atoms with Crippen LogP contribution in [0.25, 0.3) is 11.3 Å². The van der Waals surface area contributed by atoms with Gasteiger partial charge in [-0.25, -0.2) is 14.8 Å². The van der Waals surface area contributed by atoms with Gasteiger partial charge in [0.1, 0.15) is 5.60 Å². The minimum Gasteiger partial charge on any atom is -0.444 e. The quantitative estimate of drug-likeness (QED) is 0.687. The van der Waals surface area contributed by atoms with Crippen molar-refractivity contribution in [1.82, 2.24) is 19.8 Å². The number of halogens is 1. The molecule has 6 nitrogen and oxygen atoms in total. The third-order valence-electron chi connectivity index (χ3n) is 5.14. The SMILES string of the molecule is Cc1c(CN2CCN(C(=O)OC(C)(C)C)CC2C)cccc1-c1ccnc(Cl)n1. The van der Waals surface area contributed by atoms with E-state index in [1.807, 2.05) is 26.8 Å². The Kier molecular flexibility index (Phi) is 6.44. The number of carbonyl (C=O) groups excluding carboxylic acids is 1. The van der Waals surface area contributed by atoms with Gasteiger partial charge in [0.2, 0.25) is 5.28 Å². The Morgan fingerprint density at radius 2 is 2.03 bits per heavy atom. The summed E-state index contributed by atoms with van der Waals surface area (Å²) in [6, 6.07) is 8.37. The highest BCUT2D eigenvalue weighted by molar-refractivity contribution is 6.28. The number of nitrogens with zero attached hydrogens (tertiary/aromatic N) is 4. The second-order valence-corrected chi connectivity index (χ2v) is 8.88. The Labute approximate surface area is 177 Å². The Bertz CT molecular complexity index is 881. The van der Waals surface area contributed by atoms with Crippen molar-refractivity contribution >= 4 is 17.7 Å². The van der Waals surface area contributed by atoms with Crippen molar-refractivity contribution in [3.63, 3.8) is 0 Å². The maximum Gasteiger partial charge on any atom is 0.410 e. The molecule has 0 aliphatic carbocycles. The molecule has 0 bridgehead atoms. The predicted octanol–water partition coefficient (Wildman–Crippen LogP) is 4.55. The first-order chi connectivity index (χ1) is 13.6. The summed E-state index contributed by atoms with van der Waals surface area (Å²) in [6.07, 6.45) is 1.44. The first-order valence-electron chi connectivity index (χ1n) is 9.93. The van der Waals surface area contributed by atoms with Crippen molar-refractivity contribution in [2.45, 2.75) is 52.8 Å². The highest BCUT2D eigenvalue weighted by Gasteiger charge is 2.30. The molecule has 2 heterocycles. The van der Waals surface area contributed by atoms with Gasteiger partial charge in [0.25, 0.3) is 0 Å². The van der Waals surface area contributed by atoms with Gasteiger partial charge in [0, 0.05) is 44.0 Å². The Hall–Kier alpha value is -2.18. The number of hydrogen-bond acceptors (Lipinski definition) is 5. The van der Waals surface area contributed by atoms with Crippen LogP contribution in [0.1, 0.15) is 38.8 Å². The van der Waals surface area contributed by atoms with E-state index in [-0.39, 0.29) is 17.4 Å². The van der Waals surface area contributed by atoms with Gasteiger partial charge in [-0.1, -0.05) is 18.2 Å². The zero-order chi connectivity index (χ0) is 21.2. The molecular formula is C22H29ClN4O2. The summed E-state index contributed by atoms with van der Waals surface area (Å²) in [7, 11) is 0. The number of piperazine rings is 1. The fraction of sp³-hybridized carbons (Fsp3) is 0.500. The van der Waals surface area contributed by atoms with Crippen molar-refractivity contribution in [2.24, 2.45) is 0 Å². The molecular weight excluding hydrogens is 388 g/mol. The first-order valence-corrected chi connectivity index (χ1v) is 10.3. The van der Waals surface area contributed by atoms with E-state index in [2.05, 4.69) is 46.9 Å². The molecule has 0 saturated carbocycles. The molecule has 1 aromatic carbocycles. The van der Waals surface area contributed by atoms with Crippen LogP contribution < -0.4 is 0 Å². The topological polar surface area (TPSA) is 58.6 Å². The van der Waals surface area contributed by atoms with Gasteiger partial charge in [0.05, 0.1) is 5.69 Å². The van der Waals surface area contributed by atoms with Crippen LogP contribution >= 0.6 is 11.6 Å². The van der Waals surface area contributed by atoms with Crippen LogP contribution in [0.15, 0.2) is 30.5 Å². The van der Waals surface area contributed by atoms with E-state index < -0.39 is 5.60 Å². The lowest BCUT2D eigenvalue weighted by atomic mass is 9.99. The molecule has 1 unspecified atom stereocenters. The lowest BCUT2D eigenvalue weighted by Gasteiger charge is -2.40. The smallest absolute Gasteiger partial charge is 0.410 e. The number of ether oxygens (including phenoxy) is 1. The minimum absolute atomic E-state index is 0.234. The van der Waals surface area contributed by atoms with E-state index in [9.17, 15) is 4.79 Å². The van der Waals surface area contributed by atoms with Gasteiger partial charge < -0.3 is 9.64 Å². The summed E-state index contributed by atoms with van der Waals surface area (Å²) in [5.74, 6) is 0. The highest BCUT2D eigenvalue weighted by Crippen LogP contribution is 2.26. The van der Waals surface area contributed by atoms with Crippen LogP contribution in [0.2, 0.25) is 5.28 Å². The van der Waals surface area contributed by atoms with Crippen LogP contribution in [0.4, 0.5) is 4.79 Å². The van der Waals surface area contributed by atoms with Crippen LogP contribution in [0.5, 0.6) is 0 Å². The Morgan fingerprint density at radius 1 is 1.28 bits per heavy atom. The van der Waals surface area contributed by atoms with E-state index in [1.54, 1.807) is 11.1 Å². The molecule has 1 amide bonds. The zero-order valence-electron chi connectivity index (χ0n) is 17.8. The summed E-state index contributed by atoms with van der Waals surface area (Å²) >= 11 is 5.97. The molecule has 1 aliphatic heterocycles. The van der Waals surface area contributed by atoms with E-state index >= 15 is 0 Å². The van der Waals surface area contributed by atoms with Crippen molar-refractivity contribution in [3.8, 4) is 11.3 Å². The normalized spacial score (nSPS) is 18.0. The van der Waals surface area contributed by atoms with Crippen LogP contribution in [-0.4, -0.2) is 57.1 Å². The fourth-order valence-electron chi connectivity index (χ4n) is 3.56. The average molecular weight is 417 g/mol. The zero-order valence-corrected chi connectivity index (χ0v) is 18.5. The monoisotopic (exact) mass is 416 g/mol. The van der Waals surface area contributed by atoms with E-state index in [0.717, 1.165) is 24.3 Å². The summed E-state index contributed by atoms with van der Waals surface area (Å²) in [5.41, 5.74) is 3.84. The average Bonchev–Trinajstić information content (AvgIpc) is 2.63. The molecule has 1 saturated heterocycles. The Morgan fingerprint density at radius 3 is 2.69 bits per heavy atom. The van der Waals surface area contributed by atoms with Gasteiger partial charge >= 0.3 is 6.09 Å². The van der Waals surface area contributed by atoms with Crippen molar-refractivity contribution in [3.05, 3.63) is 46.9 Å². The molecule has 1 atom stereocenters. The summed E-state index contributed by atoms with van der Waals surface area (Å²) in [4.78, 5) is 24.9. The molecule has 0 N–H and O–H groups in total. The van der Waals surface area contributed by atoms with Crippen molar-refractivity contribution < 1.29 is 9.53 Å². The number of benzene rings is 1. The van der Waals surface area contributed by atoms with E-state index in [4.69, 9.17) is 16.3 Å². The molecule has 0 radical (unpaired) electrons. The molecule has 29 heavy (non-hydrogen) atoms. The molecule has 0 spiro atoms. The molecule has 1 aromatic heterocycles. The van der Waals surface area contributed by atoms with Crippen molar-refractivity contribution in [2.75, 3.05) is 19.6 Å². The first kappa shape index (κ1) is 21.5. The van der Waals surface area contributed by atoms with Crippen LogP contribution in [0.3, 0.4) is 0 Å². The van der Waals surface area contributed by atoms with E-state index in [0.29, 0.717) is 13.1 Å². The second kappa shape index (κ2) is 8.67. The second-order valence-electron chi connectivity index (χ2n) is 8.55. The lowest BCUT2D eigenvalue weighted by molar-refractivity contribution is 0.00458. The molecule has 3 rings (SSSR count). The lowest BCUT2D eigenvalue weighted by Crippen LogP contribution is -2.54. The summed E-state index contributed by atoms with van der Waals surface area (Å²) < 4.78 is 5.52. The number of amides is 1. The largest absolute Gasteiger partial charge is 0.444 e. The summed E-state index contributed by atoms with van der Waals surface area (Å²) in [5, 5.41) is 0.249. The van der Waals surface area contributed by atoms with Gasteiger partial charge in [-0.3, -0.25) is 4.90 Å². The number of aromatic nitrogens is 2. The summed E-state index contributed by atoms with van der Waals surface area (Å²) in [6.45, 7) is 12.9. The molecule has 7 heteroatoms. The van der Waals surface area contributed by atoms with Gasteiger partial charge in [-0.15, -0.1) is 0 Å². The Balaban J connectivity index is 1.70. The van der Waals surface area contributed by atoms with Gasteiger partial charge in [0.15, 0.2) is 0 Å². The third-order valence-corrected chi connectivity index (χ3v) is 5.32. The molecule has 1 fully saturated rings. The maximum atomic E-state index is 12.4. The highest BCUT2D eigenvalue weighted by atomic mass is 35.5. The van der Waals surface area contributed by atoms with Crippen LogP contribution in [0, 0.1) is 6.92 Å². The third kappa shape index (κ3) is 5.46. The molecule has 2 aromatic rings. The van der Waals surface area contributed by atoms with Crippen LogP contribution in [-0.2, 0) is 11.3 Å². The number of hydrogen-bond donors (Lipinski definition) is 0. The van der Waals surface area contributed by atoms with Gasteiger partial charge in [-0.05, 0) is 63.4 Å². The fourth-order valence-corrected chi connectivity index (χ4v) is 3.71. The number of carbonyl (C=O) groups is 1. The molecule has 156 valence electrons. The standard InChI is InChI=1S/C22H29ClN4O2/c1-15-13-27(21(28)29-22(3,4)5)12-11-26(15)14-17-7-6-8-18(16(17)2)19-9-10-24-20(23)25-19/h6-10,15H,11-14H2,1-5H3.